The van der Waals surface area contributed by atoms with E-state index in [1.54, 1.807) is 0 Å². The molecule has 0 rings (SSSR count). The van der Waals surface area contributed by atoms with Crippen LogP contribution in [0.4, 0.5) is 4.79 Å². The fourth-order valence-electron chi connectivity index (χ4n) is 1.05. The zero-order valence-corrected chi connectivity index (χ0v) is 11.3. The molecule has 0 aromatic carbocycles. The minimum atomic E-state index is -1.58. The van der Waals surface area contributed by atoms with Crippen molar-refractivity contribution < 1.29 is 19.5 Å². The number of nitrogens with zero attached hydrogens (tertiary/aromatic N) is 1. The van der Waals surface area contributed by atoms with E-state index >= 15 is 0 Å². The molecule has 0 saturated heterocycles. The smallest absolute Gasteiger partial charge is 0.131 e. The number of amides is 1. The summed E-state index contributed by atoms with van der Waals surface area (Å²) in [5, 5.41) is 17.2. The summed E-state index contributed by atoms with van der Waals surface area (Å²) >= 11 is 0. The van der Waals surface area contributed by atoms with Crippen molar-refractivity contribution in [1.82, 2.24) is 0 Å². The molecule has 0 aliphatic heterocycles. The van der Waals surface area contributed by atoms with Crippen molar-refractivity contribution in [1.29, 1.82) is 0 Å². The van der Waals surface area contributed by atoms with Crippen molar-refractivity contribution in [2.75, 3.05) is 34.3 Å². The summed E-state index contributed by atoms with van der Waals surface area (Å²) in [6.07, 6.45) is 3.10. The van der Waals surface area contributed by atoms with Crippen LogP contribution < -0.4 is 10.8 Å². The van der Waals surface area contributed by atoms with E-state index in [9.17, 15) is 0 Å². The largest absolute Gasteiger partial charge is 0.530 e. The van der Waals surface area contributed by atoms with E-state index in [0.29, 0.717) is 6.61 Å². The number of nitrogens with two attached hydrogens (primary N) is 1. The van der Waals surface area contributed by atoms with Gasteiger partial charge in [-0.05, 0) is 19.3 Å². The van der Waals surface area contributed by atoms with Crippen LogP contribution in [-0.2, 0) is 0 Å². The third kappa shape index (κ3) is 37.5. The van der Waals surface area contributed by atoms with Gasteiger partial charge in [0, 0.05) is 6.61 Å². The Morgan fingerprint density at radius 1 is 1.19 bits per heavy atom. The lowest BCUT2D eigenvalue weighted by atomic mass is 10.2. The third-order valence-electron chi connectivity index (χ3n) is 1.74. The van der Waals surface area contributed by atoms with Crippen LogP contribution in [0.2, 0.25) is 0 Å². The van der Waals surface area contributed by atoms with E-state index in [1.807, 2.05) is 0 Å². The number of carboxylic acid groups (broad SMARTS) is 1. The first-order valence-corrected chi connectivity index (χ1v) is 5.17. The standard InChI is InChI=1S/C9H22NO.CH3NO2.ClH/c1-10(2,3)8-6-4-5-7-9-11;2-1(3)4;/h11H,4-9H2,1-3H3;2H2,(H,3,4);1H/q+1;;/p-1. The molecule has 3 N–H and O–H groups in total. The first kappa shape index (κ1) is 20.8. The summed E-state index contributed by atoms with van der Waals surface area (Å²) < 4.78 is 1.05. The van der Waals surface area contributed by atoms with Crippen molar-refractivity contribution >= 4 is 18.5 Å². The summed E-state index contributed by atoms with van der Waals surface area (Å²) in [4.78, 5) is 8.67. The Morgan fingerprint density at radius 2 is 1.56 bits per heavy atom. The SMILES string of the molecule is C[N+](C)(C)CCCCCCO.Cl.NC(=O)[O-]. The molecule has 0 fully saturated rings. The minimum Gasteiger partial charge on any atom is -0.530 e. The average Bonchev–Trinajstić information content (AvgIpc) is 2.01. The molecule has 0 aliphatic carbocycles. The van der Waals surface area contributed by atoms with Crippen LogP contribution in [0.5, 0.6) is 0 Å². The van der Waals surface area contributed by atoms with Crippen LogP contribution in [0.1, 0.15) is 25.7 Å². The Morgan fingerprint density at radius 3 is 1.88 bits per heavy atom. The van der Waals surface area contributed by atoms with Gasteiger partial charge in [0.1, 0.15) is 6.09 Å². The molecule has 5 nitrogen and oxygen atoms in total. The summed E-state index contributed by atoms with van der Waals surface area (Å²) in [7, 11) is 6.64. The molecule has 1 amide bonds. The van der Waals surface area contributed by atoms with Crippen LogP contribution in [-0.4, -0.2) is 50.0 Å². The minimum absolute atomic E-state index is 0. The quantitative estimate of drug-likeness (QED) is 0.516. The normalized spacial score (nSPS) is 9.75. The number of rotatable bonds is 6. The van der Waals surface area contributed by atoms with Gasteiger partial charge < -0.3 is 25.2 Å². The molecule has 0 aliphatic rings. The number of aliphatic hydroxyl groups is 1. The van der Waals surface area contributed by atoms with E-state index in [2.05, 4.69) is 26.9 Å². The molecule has 0 spiro atoms. The van der Waals surface area contributed by atoms with Gasteiger partial charge in [0.25, 0.3) is 0 Å². The molecule has 0 saturated carbocycles. The summed E-state index contributed by atoms with van der Waals surface area (Å²) in [6, 6.07) is 0. The molecule has 0 aromatic rings. The second-order valence-corrected chi connectivity index (χ2v) is 4.47. The Hall–Kier alpha value is -0.520. The fraction of sp³-hybridized carbons (Fsp3) is 0.900. The monoisotopic (exact) mass is 256 g/mol. The Kier molecular flexibility index (Phi) is 16.3. The molecule has 0 aromatic heterocycles. The lowest BCUT2D eigenvalue weighted by molar-refractivity contribution is -0.870. The van der Waals surface area contributed by atoms with Crippen molar-refractivity contribution in [3.63, 3.8) is 0 Å². The van der Waals surface area contributed by atoms with Gasteiger partial charge in [-0.2, -0.15) is 0 Å². The number of hydrogen-bond donors (Lipinski definition) is 2. The number of hydrogen-bond acceptors (Lipinski definition) is 3. The van der Waals surface area contributed by atoms with Crippen LogP contribution in [0.15, 0.2) is 0 Å². The molecule has 0 bridgehead atoms. The maximum absolute atomic E-state index is 8.67. The van der Waals surface area contributed by atoms with E-state index < -0.39 is 6.09 Å². The maximum Gasteiger partial charge on any atom is 0.131 e. The van der Waals surface area contributed by atoms with E-state index in [1.165, 1.54) is 25.8 Å². The second-order valence-electron chi connectivity index (χ2n) is 4.47. The van der Waals surface area contributed by atoms with Gasteiger partial charge >= 0.3 is 0 Å². The Bertz CT molecular complexity index is 157. The summed E-state index contributed by atoms with van der Waals surface area (Å²) in [5.74, 6) is 0. The first-order chi connectivity index (χ1) is 6.79. The van der Waals surface area contributed by atoms with Crippen LogP contribution in [0.25, 0.3) is 0 Å². The molecule has 6 heteroatoms. The van der Waals surface area contributed by atoms with Crippen molar-refractivity contribution in [2.45, 2.75) is 25.7 Å². The number of quaternary nitrogens is 1. The molecule has 16 heavy (non-hydrogen) atoms. The third-order valence-corrected chi connectivity index (χ3v) is 1.74. The highest BCUT2D eigenvalue weighted by Crippen LogP contribution is 2.02. The van der Waals surface area contributed by atoms with Crippen LogP contribution in [0, 0.1) is 0 Å². The van der Waals surface area contributed by atoms with Gasteiger partial charge in [-0.15, -0.1) is 12.4 Å². The predicted molar refractivity (Wildman–Crippen MR) is 65.3 cm³/mol. The number of primary amides is 1. The van der Waals surface area contributed by atoms with Crippen molar-refractivity contribution in [2.24, 2.45) is 5.73 Å². The zero-order valence-electron chi connectivity index (χ0n) is 10.4. The van der Waals surface area contributed by atoms with Gasteiger partial charge in [-0.25, -0.2) is 0 Å². The molecular formula is C10H25ClN2O3. The Labute approximate surface area is 104 Å². The fourth-order valence-corrected chi connectivity index (χ4v) is 1.05. The van der Waals surface area contributed by atoms with Crippen LogP contribution >= 0.6 is 12.4 Å². The number of aliphatic hydroxyl groups excluding tert-OH is 1. The highest BCUT2D eigenvalue weighted by molar-refractivity contribution is 5.85. The van der Waals surface area contributed by atoms with Gasteiger partial charge in [0.15, 0.2) is 0 Å². The van der Waals surface area contributed by atoms with Gasteiger partial charge in [0.2, 0.25) is 0 Å². The van der Waals surface area contributed by atoms with E-state index in [4.69, 9.17) is 15.0 Å². The number of unbranched alkanes of at least 4 members (excludes halogenated alkanes) is 3. The number of halogens is 1. The predicted octanol–water partition coefficient (Wildman–Crippen LogP) is -0.0445. The molecule has 100 valence electrons. The molecule has 0 radical (unpaired) electrons. The van der Waals surface area contributed by atoms with Crippen molar-refractivity contribution in [3.8, 4) is 0 Å². The van der Waals surface area contributed by atoms with E-state index in [0.717, 1.165) is 10.9 Å². The molecule has 0 heterocycles. The molecular weight excluding hydrogens is 232 g/mol. The van der Waals surface area contributed by atoms with Gasteiger partial charge in [-0.3, -0.25) is 0 Å². The first-order valence-electron chi connectivity index (χ1n) is 5.17. The number of carbonyl (C=O) groups is 1. The lowest BCUT2D eigenvalue weighted by Gasteiger charge is -2.23. The van der Waals surface area contributed by atoms with Gasteiger partial charge in [0.05, 0.1) is 27.7 Å². The summed E-state index contributed by atoms with van der Waals surface area (Å²) in [6.45, 7) is 1.59. The topological polar surface area (TPSA) is 86.4 Å². The molecule has 0 atom stereocenters. The number of carbonyl (C=O) groups excluding carboxylic acids is 1. The zero-order chi connectivity index (χ0) is 12.3. The lowest BCUT2D eigenvalue weighted by Crippen LogP contribution is -2.35. The van der Waals surface area contributed by atoms with Crippen LogP contribution in [0.3, 0.4) is 0 Å². The molecule has 0 unspecified atom stereocenters. The average molecular weight is 257 g/mol. The highest BCUT2D eigenvalue weighted by atomic mass is 35.5. The summed E-state index contributed by atoms with van der Waals surface area (Å²) in [5.41, 5.74) is 3.92. The highest BCUT2D eigenvalue weighted by Gasteiger charge is 2.04. The van der Waals surface area contributed by atoms with E-state index in [-0.39, 0.29) is 12.4 Å². The maximum atomic E-state index is 8.67. The van der Waals surface area contributed by atoms with Crippen molar-refractivity contribution in [3.05, 3.63) is 0 Å². The second kappa shape index (κ2) is 12.5. The van der Waals surface area contributed by atoms with Gasteiger partial charge in [-0.1, -0.05) is 6.42 Å². The Balaban J connectivity index is -0.000000292.